The van der Waals surface area contributed by atoms with Crippen LogP contribution >= 0.6 is 0 Å². The molecule has 0 amide bonds. The van der Waals surface area contributed by atoms with Crippen LogP contribution in [0.2, 0.25) is 0 Å². The van der Waals surface area contributed by atoms with Crippen molar-refractivity contribution in [2.45, 2.75) is 37.8 Å². The number of halogens is 1. The standard InChI is InChI=1S/C14H21FN2O3S/c1-9-5-13(6-12(7-16)14(9)15)21(18,19)17-10(2)11-3-4-20-8-11/h5-6,10-11,17H,3-4,7-8,16H2,1-2H3. The third-order valence-corrected chi connectivity index (χ3v) is 5.39. The van der Waals surface area contributed by atoms with E-state index in [1.165, 1.54) is 19.1 Å². The maximum absolute atomic E-state index is 13.8. The van der Waals surface area contributed by atoms with Gasteiger partial charge in [-0.1, -0.05) is 0 Å². The Bertz CT molecular complexity index is 613. The molecule has 118 valence electrons. The average molecular weight is 316 g/mol. The summed E-state index contributed by atoms with van der Waals surface area (Å²) in [4.78, 5) is 0.0487. The maximum atomic E-state index is 13.8. The minimum Gasteiger partial charge on any atom is -0.381 e. The molecule has 0 aromatic heterocycles. The lowest BCUT2D eigenvalue weighted by atomic mass is 10.0. The summed E-state index contributed by atoms with van der Waals surface area (Å²) < 4.78 is 46.5. The fraction of sp³-hybridized carbons (Fsp3) is 0.571. The zero-order valence-electron chi connectivity index (χ0n) is 12.2. The Kier molecular flexibility index (Phi) is 4.98. The van der Waals surface area contributed by atoms with Crippen molar-refractivity contribution >= 4 is 10.0 Å². The highest BCUT2D eigenvalue weighted by molar-refractivity contribution is 7.89. The first kappa shape index (κ1) is 16.4. The van der Waals surface area contributed by atoms with Crippen LogP contribution in [-0.2, 0) is 21.3 Å². The molecule has 1 aromatic rings. The van der Waals surface area contributed by atoms with Gasteiger partial charge in [0.15, 0.2) is 0 Å². The van der Waals surface area contributed by atoms with Crippen LogP contribution in [0.4, 0.5) is 4.39 Å². The normalized spacial score (nSPS) is 20.7. The fourth-order valence-electron chi connectivity index (χ4n) is 2.47. The van der Waals surface area contributed by atoms with E-state index in [1.54, 1.807) is 0 Å². The minimum absolute atomic E-state index is 0.0396. The molecule has 1 fully saturated rings. The molecule has 0 aliphatic carbocycles. The summed E-state index contributed by atoms with van der Waals surface area (Å²) in [5.74, 6) is -0.288. The van der Waals surface area contributed by atoms with Crippen LogP contribution in [0.15, 0.2) is 17.0 Å². The monoisotopic (exact) mass is 316 g/mol. The van der Waals surface area contributed by atoms with E-state index in [4.69, 9.17) is 10.5 Å². The van der Waals surface area contributed by atoms with E-state index in [9.17, 15) is 12.8 Å². The van der Waals surface area contributed by atoms with E-state index < -0.39 is 15.8 Å². The van der Waals surface area contributed by atoms with Crippen molar-refractivity contribution in [3.63, 3.8) is 0 Å². The first-order valence-electron chi connectivity index (χ1n) is 6.94. The fourth-order valence-corrected chi connectivity index (χ4v) is 3.91. The molecule has 2 unspecified atom stereocenters. The number of rotatable bonds is 5. The van der Waals surface area contributed by atoms with Crippen molar-refractivity contribution in [1.29, 1.82) is 0 Å². The summed E-state index contributed by atoms with van der Waals surface area (Å²) in [5, 5.41) is 0. The third-order valence-electron chi connectivity index (χ3n) is 3.85. The minimum atomic E-state index is -3.70. The van der Waals surface area contributed by atoms with Gasteiger partial charge in [0.2, 0.25) is 10.0 Å². The Morgan fingerprint density at radius 2 is 2.24 bits per heavy atom. The quantitative estimate of drug-likeness (QED) is 0.858. The lowest BCUT2D eigenvalue weighted by molar-refractivity contribution is 0.180. The highest BCUT2D eigenvalue weighted by Crippen LogP contribution is 2.22. The number of benzene rings is 1. The predicted octanol–water partition coefficient (Wildman–Crippen LogP) is 1.30. The molecule has 0 saturated carbocycles. The summed E-state index contributed by atoms with van der Waals surface area (Å²) in [6.45, 7) is 4.52. The van der Waals surface area contributed by atoms with Gasteiger partial charge in [0.25, 0.3) is 0 Å². The molecular formula is C14H21FN2O3S. The highest BCUT2D eigenvalue weighted by Gasteiger charge is 2.27. The van der Waals surface area contributed by atoms with Gasteiger partial charge in [0.05, 0.1) is 11.5 Å². The van der Waals surface area contributed by atoms with E-state index in [-0.39, 0.29) is 34.5 Å². The van der Waals surface area contributed by atoms with E-state index in [0.717, 1.165) is 6.42 Å². The molecule has 1 aliphatic heterocycles. The lowest BCUT2D eigenvalue weighted by Gasteiger charge is -2.19. The van der Waals surface area contributed by atoms with Gasteiger partial charge in [0.1, 0.15) is 5.82 Å². The first-order chi connectivity index (χ1) is 9.85. The Hall–Kier alpha value is -1.02. The van der Waals surface area contributed by atoms with Crippen LogP contribution in [0.3, 0.4) is 0 Å². The molecule has 21 heavy (non-hydrogen) atoms. The number of aryl methyl sites for hydroxylation is 1. The maximum Gasteiger partial charge on any atom is 0.240 e. The second-order valence-electron chi connectivity index (χ2n) is 5.45. The first-order valence-corrected chi connectivity index (χ1v) is 8.42. The van der Waals surface area contributed by atoms with Gasteiger partial charge in [-0.05, 0) is 38.0 Å². The highest BCUT2D eigenvalue weighted by atomic mass is 32.2. The van der Waals surface area contributed by atoms with Gasteiger partial charge >= 0.3 is 0 Å². The van der Waals surface area contributed by atoms with Crippen molar-refractivity contribution in [3.05, 3.63) is 29.1 Å². The van der Waals surface area contributed by atoms with Crippen LogP contribution in [0, 0.1) is 18.7 Å². The number of sulfonamides is 1. The molecule has 0 radical (unpaired) electrons. The Morgan fingerprint density at radius 1 is 1.52 bits per heavy atom. The number of nitrogens with two attached hydrogens (primary N) is 1. The van der Waals surface area contributed by atoms with Crippen LogP contribution in [0.25, 0.3) is 0 Å². The molecule has 0 bridgehead atoms. The summed E-state index contributed by atoms with van der Waals surface area (Å²) in [7, 11) is -3.70. The Morgan fingerprint density at radius 3 is 2.81 bits per heavy atom. The van der Waals surface area contributed by atoms with Gasteiger partial charge in [-0.15, -0.1) is 0 Å². The lowest BCUT2D eigenvalue weighted by Crippen LogP contribution is -2.38. The van der Waals surface area contributed by atoms with Gasteiger partial charge in [-0.25, -0.2) is 17.5 Å². The van der Waals surface area contributed by atoms with E-state index in [0.29, 0.717) is 13.2 Å². The molecule has 2 rings (SSSR count). The van der Waals surface area contributed by atoms with Gasteiger partial charge in [0, 0.05) is 30.7 Å². The predicted molar refractivity (Wildman–Crippen MR) is 77.7 cm³/mol. The molecule has 3 N–H and O–H groups in total. The summed E-state index contributed by atoms with van der Waals surface area (Å²) in [5.41, 5.74) is 5.94. The third kappa shape index (κ3) is 3.60. The molecule has 1 aromatic carbocycles. The summed E-state index contributed by atoms with van der Waals surface area (Å²) >= 11 is 0. The van der Waals surface area contributed by atoms with E-state index >= 15 is 0 Å². The SMILES string of the molecule is Cc1cc(S(=O)(=O)NC(C)C2CCOC2)cc(CN)c1F. The number of ether oxygens (including phenoxy) is 1. The molecule has 1 heterocycles. The molecule has 0 spiro atoms. The second-order valence-corrected chi connectivity index (χ2v) is 7.17. The molecule has 1 aliphatic rings. The Labute approximate surface area is 124 Å². The number of hydrogen-bond acceptors (Lipinski definition) is 4. The van der Waals surface area contributed by atoms with Crippen molar-refractivity contribution in [1.82, 2.24) is 4.72 Å². The largest absolute Gasteiger partial charge is 0.381 e. The summed E-state index contributed by atoms with van der Waals surface area (Å²) in [6, 6.07) is 2.39. The molecular weight excluding hydrogens is 295 g/mol. The zero-order valence-corrected chi connectivity index (χ0v) is 13.0. The summed E-state index contributed by atoms with van der Waals surface area (Å²) in [6.07, 6.45) is 0.834. The van der Waals surface area contributed by atoms with Crippen LogP contribution in [0.5, 0.6) is 0 Å². The molecule has 2 atom stereocenters. The van der Waals surface area contributed by atoms with E-state index in [2.05, 4.69) is 4.72 Å². The molecule has 7 heteroatoms. The van der Waals surface area contributed by atoms with Gasteiger partial charge < -0.3 is 10.5 Å². The Balaban J connectivity index is 2.24. The molecule has 1 saturated heterocycles. The smallest absolute Gasteiger partial charge is 0.240 e. The average Bonchev–Trinajstić information content (AvgIpc) is 2.95. The van der Waals surface area contributed by atoms with Crippen molar-refractivity contribution in [2.24, 2.45) is 11.7 Å². The van der Waals surface area contributed by atoms with Gasteiger partial charge in [-0.2, -0.15) is 0 Å². The zero-order chi connectivity index (χ0) is 15.6. The number of nitrogens with one attached hydrogen (secondary N) is 1. The van der Waals surface area contributed by atoms with E-state index in [1.807, 2.05) is 6.92 Å². The second kappa shape index (κ2) is 6.39. The van der Waals surface area contributed by atoms with Crippen LogP contribution < -0.4 is 10.5 Å². The van der Waals surface area contributed by atoms with Gasteiger partial charge in [-0.3, -0.25) is 0 Å². The van der Waals surface area contributed by atoms with Crippen LogP contribution in [0.1, 0.15) is 24.5 Å². The van der Waals surface area contributed by atoms with Crippen molar-refractivity contribution < 1.29 is 17.5 Å². The van der Waals surface area contributed by atoms with Crippen molar-refractivity contribution in [3.8, 4) is 0 Å². The molecule has 5 nitrogen and oxygen atoms in total. The van der Waals surface area contributed by atoms with Crippen LogP contribution in [-0.4, -0.2) is 27.7 Å². The topological polar surface area (TPSA) is 81.4 Å². The number of hydrogen-bond donors (Lipinski definition) is 2. The van der Waals surface area contributed by atoms with Crippen molar-refractivity contribution in [2.75, 3.05) is 13.2 Å².